The van der Waals surface area contributed by atoms with Crippen LogP contribution in [0.15, 0.2) is 0 Å². The summed E-state index contributed by atoms with van der Waals surface area (Å²) in [5.74, 6) is -0.997. The van der Waals surface area contributed by atoms with Crippen molar-refractivity contribution in [2.24, 2.45) is 0 Å². The molecule has 0 saturated heterocycles. The smallest absolute Gasteiger partial charge is 0.550 e. The van der Waals surface area contributed by atoms with Gasteiger partial charge in [0.1, 0.15) is -0.565 Å². The second-order valence-corrected chi connectivity index (χ2v) is 12.9. The van der Waals surface area contributed by atoms with Gasteiger partial charge < -0.3 is 9.90 Å². The molecule has 0 fully saturated rings. The molecule has 0 rings (SSSR count). The van der Waals surface area contributed by atoms with Gasteiger partial charge in [0.25, 0.3) is 0 Å². The van der Waals surface area contributed by atoms with E-state index in [-0.39, 0.29) is 33.2 Å². The zero-order chi connectivity index (χ0) is 6.78. The van der Waals surface area contributed by atoms with E-state index in [0.717, 1.165) is 0 Å². The molecule has 0 radical (unpaired) electrons. The zero-order valence-corrected chi connectivity index (χ0v) is 15.2. The average molecular weight is 655 g/mol. The van der Waals surface area contributed by atoms with E-state index in [2.05, 4.69) is 0 Å². The fourth-order valence-corrected chi connectivity index (χ4v) is 1.10. The van der Waals surface area contributed by atoms with Gasteiger partial charge in [0, 0.05) is 12.4 Å². The minimum Gasteiger partial charge on any atom is -0.550 e. The molecule has 0 spiro atoms. The molecule has 2 nitrogen and oxygen atoms in total. The first-order chi connectivity index (χ1) is 3.42. The summed E-state index contributed by atoms with van der Waals surface area (Å²) in [7, 11) is 0. The van der Waals surface area contributed by atoms with Crippen LogP contribution in [0.4, 0.5) is 0 Å². The summed E-state index contributed by atoms with van der Waals surface area (Å²) in [5.41, 5.74) is 0. The maximum atomic E-state index is 9.89. The number of halogens is 3. The van der Waals surface area contributed by atoms with Crippen molar-refractivity contribution in [3.63, 3.8) is 0 Å². The fraction of sp³-hybridized carbons (Fsp3) is 0.667. The average Bonchev–Trinajstić information content (AvgIpc) is 1.21. The molecule has 0 aliphatic rings. The Bertz CT molecular complexity index is 99.7. The minimum absolute atomic E-state index is 0. The number of carbonyl (C=O) groups excluding carboxylic acids is 1. The van der Waals surface area contributed by atoms with E-state index in [1.165, 1.54) is 0 Å². The number of aliphatic carboxylic acids is 1. The van der Waals surface area contributed by atoms with Gasteiger partial charge in [-0.3, -0.25) is 0 Å². The molecule has 0 aromatic carbocycles. The van der Waals surface area contributed by atoms with Crippen LogP contribution in [0.1, 0.15) is 6.42 Å². The largest absolute Gasteiger partial charge is 1.00 e. The molecule has 0 bridgehead atoms. The SMILES string of the molecule is O=C([O-])CC(I)(I)I.[Tl+]. The molecule has 0 amide bonds. The summed E-state index contributed by atoms with van der Waals surface area (Å²) < 4.78 is -0.230. The van der Waals surface area contributed by atoms with Gasteiger partial charge in [-0.1, -0.05) is 67.8 Å². The van der Waals surface area contributed by atoms with Crippen LogP contribution in [0.5, 0.6) is 0 Å². The zero-order valence-electron chi connectivity index (χ0n) is 4.23. The molecule has 0 saturated carbocycles. The minimum atomic E-state index is -0.997. The van der Waals surface area contributed by atoms with Crippen molar-refractivity contribution in [1.29, 1.82) is 0 Å². The summed E-state index contributed by atoms with van der Waals surface area (Å²) in [4.78, 5) is 9.89. The van der Waals surface area contributed by atoms with Crippen molar-refractivity contribution in [1.82, 2.24) is 0 Å². The number of alkyl halides is 3. The number of rotatable bonds is 2. The third-order valence-corrected chi connectivity index (χ3v) is 1.49. The molecule has 0 N–H and O–H groups in total. The number of carbonyl (C=O) groups is 1. The van der Waals surface area contributed by atoms with E-state index < -0.39 is 5.97 Å². The molecule has 0 heterocycles. The van der Waals surface area contributed by atoms with Crippen molar-refractivity contribution in [2.45, 2.75) is 5.86 Å². The molecule has 0 aliphatic heterocycles. The van der Waals surface area contributed by atoms with Gasteiger partial charge in [0.15, 0.2) is 0 Å². The molecule has 6 heteroatoms. The summed E-state index contributed by atoms with van der Waals surface area (Å²) in [5, 5.41) is 9.89. The van der Waals surface area contributed by atoms with Gasteiger partial charge in [-0.2, -0.15) is 0 Å². The summed E-state index contributed by atoms with van der Waals surface area (Å²) in [6, 6.07) is 0. The Hall–Kier alpha value is 2.58. The third kappa shape index (κ3) is 13.6. The molecular weight excluding hydrogens is 653 g/mol. The Morgan fingerprint density at radius 3 is 1.78 bits per heavy atom. The van der Waals surface area contributed by atoms with Gasteiger partial charge in [0.2, 0.25) is 0 Å². The maximum absolute atomic E-state index is 9.89. The van der Waals surface area contributed by atoms with Crippen LogP contribution >= 0.6 is 67.8 Å². The standard InChI is InChI=1S/C3H3I3O2.Tl/c4-3(5,6)1-2(7)8;/h1H2,(H,7,8);/q;+1/p-1. The van der Waals surface area contributed by atoms with Crippen molar-refractivity contribution in [3.05, 3.63) is 0 Å². The Kier molecular flexibility index (Phi) is 9.63. The second kappa shape index (κ2) is 6.14. The second-order valence-electron chi connectivity index (χ2n) is 1.16. The first-order valence-corrected chi connectivity index (χ1v) is 4.92. The molecule has 0 aliphatic carbocycles. The van der Waals surface area contributed by atoms with Crippen LogP contribution in [-0.4, -0.2) is 32.7 Å². The van der Waals surface area contributed by atoms with Crippen molar-refractivity contribution >= 4 is 101 Å². The van der Waals surface area contributed by atoms with Crippen LogP contribution in [0.25, 0.3) is 0 Å². The van der Waals surface area contributed by atoms with E-state index in [9.17, 15) is 9.90 Å². The van der Waals surface area contributed by atoms with E-state index in [0.29, 0.717) is 0 Å². The predicted octanol–water partition coefficient (Wildman–Crippen LogP) is 0.704. The van der Waals surface area contributed by atoms with E-state index in [1.54, 1.807) is 0 Å². The number of hydrogen-bond acceptors (Lipinski definition) is 2. The van der Waals surface area contributed by atoms with Gasteiger partial charge >= 0.3 is 27.3 Å². The van der Waals surface area contributed by atoms with Gasteiger partial charge in [-0.05, 0) is 0 Å². The number of carboxylic acid groups (broad SMARTS) is 1. The Morgan fingerprint density at radius 1 is 1.44 bits per heavy atom. The number of hydrogen-bond donors (Lipinski definition) is 0. The summed E-state index contributed by atoms with van der Waals surface area (Å²) in [6.07, 6.45) is 0.0919. The van der Waals surface area contributed by atoms with Crippen LogP contribution in [0.2, 0.25) is 0 Å². The molecule has 0 unspecified atom stereocenters. The molecule has 0 aromatic rings. The normalized spacial score (nSPS) is 10.1. The van der Waals surface area contributed by atoms with E-state index in [4.69, 9.17) is 0 Å². The summed E-state index contributed by atoms with van der Waals surface area (Å²) >= 11 is 6.13. The maximum Gasteiger partial charge on any atom is 1.00 e. The fourth-order valence-electron chi connectivity index (χ4n) is 0.164. The van der Waals surface area contributed by atoms with Crippen molar-refractivity contribution in [2.75, 3.05) is 0 Å². The number of carboxylic acids is 1. The van der Waals surface area contributed by atoms with Gasteiger partial charge in [0.05, 0.1) is 0 Å². The van der Waals surface area contributed by atoms with Crippen LogP contribution in [0, 0.1) is 0 Å². The van der Waals surface area contributed by atoms with Crippen LogP contribution in [-0.2, 0) is 4.79 Å². The molecule has 0 atom stereocenters. The Balaban J connectivity index is 0. The Labute approximate surface area is 114 Å². The van der Waals surface area contributed by atoms with Crippen LogP contribution in [0.3, 0.4) is 0 Å². The third-order valence-electron chi connectivity index (χ3n) is 0.345. The molecule has 9 heavy (non-hydrogen) atoms. The van der Waals surface area contributed by atoms with Crippen molar-refractivity contribution < 1.29 is 9.90 Å². The van der Waals surface area contributed by atoms with E-state index in [1.807, 2.05) is 67.8 Å². The van der Waals surface area contributed by atoms with Crippen LogP contribution < -0.4 is 5.11 Å². The molecule has 0 aromatic heterocycles. The van der Waals surface area contributed by atoms with Gasteiger partial charge in [-0.25, -0.2) is 0 Å². The topological polar surface area (TPSA) is 40.1 Å². The monoisotopic (exact) mass is 656 g/mol. The predicted molar refractivity (Wildman–Crippen MR) is 60.2 cm³/mol. The first-order valence-electron chi connectivity index (χ1n) is 1.68. The summed E-state index contributed by atoms with van der Waals surface area (Å²) in [6.45, 7) is 0. The quantitative estimate of drug-likeness (QED) is 0.250. The molecular formula is C3H2I3O2Tl. The van der Waals surface area contributed by atoms with Gasteiger partial charge in [-0.15, -0.1) is 0 Å². The van der Waals surface area contributed by atoms with Crippen molar-refractivity contribution in [3.8, 4) is 0 Å². The van der Waals surface area contributed by atoms with E-state index >= 15 is 0 Å². The Morgan fingerprint density at radius 2 is 1.78 bits per heavy atom. The first kappa shape index (κ1) is 14.1. The molecule has 50 valence electrons.